The number of carbonyl (C=O) groups is 3. The minimum Gasteiger partial charge on any atom is -0.492 e. The Morgan fingerprint density at radius 1 is 1.00 bits per heavy atom. The molecule has 8 nitrogen and oxygen atoms in total. The van der Waals surface area contributed by atoms with Crippen LogP contribution in [0.25, 0.3) is 0 Å². The zero-order valence-corrected chi connectivity index (χ0v) is 18.0. The Bertz CT molecular complexity index is 1100. The molecular formula is C25H25N3O5. The molecule has 1 aliphatic rings. The fraction of sp³-hybridized carbons (Fsp3) is 0.240. The number of benzene rings is 2. The molecule has 2 heterocycles. The highest BCUT2D eigenvalue weighted by atomic mass is 16.5. The van der Waals surface area contributed by atoms with Crippen molar-refractivity contribution in [3.63, 3.8) is 0 Å². The first-order valence-corrected chi connectivity index (χ1v) is 10.8. The van der Waals surface area contributed by atoms with Crippen molar-refractivity contribution >= 4 is 17.7 Å². The standard InChI is InChI=1S/C25H25N3O5/c29-23-15-19(16-28(23)17-20-9-6-13-32-20)24(30)26-27-25(31)21-10-4-5-11-22(21)33-14-12-18-7-2-1-3-8-18/h1-11,13,19H,12,14-17H2,(H,26,30)(H,27,31). The summed E-state index contributed by atoms with van der Waals surface area (Å²) in [6, 6.07) is 20.3. The number of hydrogen-bond acceptors (Lipinski definition) is 5. The van der Waals surface area contributed by atoms with E-state index in [1.54, 1.807) is 47.6 Å². The predicted molar refractivity (Wildman–Crippen MR) is 120 cm³/mol. The Morgan fingerprint density at radius 2 is 1.79 bits per heavy atom. The number of hydrogen-bond donors (Lipinski definition) is 2. The predicted octanol–water partition coefficient (Wildman–Crippen LogP) is 2.71. The van der Waals surface area contributed by atoms with Crippen molar-refractivity contribution in [2.45, 2.75) is 19.4 Å². The molecule has 0 aliphatic carbocycles. The summed E-state index contributed by atoms with van der Waals surface area (Å²) in [5.41, 5.74) is 6.32. The summed E-state index contributed by atoms with van der Waals surface area (Å²) in [4.78, 5) is 39.0. The number of amides is 3. The molecule has 2 N–H and O–H groups in total. The second-order valence-corrected chi connectivity index (χ2v) is 7.78. The lowest BCUT2D eigenvalue weighted by atomic mass is 10.1. The highest BCUT2D eigenvalue weighted by Crippen LogP contribution is 2.21. The van der Waals surface area contributed by atoms with Gasteiger partial charge in [0.05, 0.1) is 30.9 Å². The molecule has 3 aromatic rings. The zero-order chi connectivity index (χ0) is 23.0. The normalized spacial score (nSPS) is 15.3. The number of ether oxygens (including phenoxy) is 1. The molecule has 1 fully saturated rings. The molecule has 1 unspecified atom stereocenters. The van der Waals surface area contributed by atoms with E-state index in [2.05, 4.69) is 10.9 Å². The fourth-order valence-corrected chi connectivity index (χ4v) is 3.68. The van der Waals surface area contributed by atoms with Crippen molar-refractivity contribution in [3.05, 3.63) is 89.9 Å². The topological polar surface area (TPSA) is 101 Å². The van der Waals surface area contributed by atoms with E-state index in [-0.39, 0.29) is 18.9 Å². The third-order valence-corrected chi connectivity index (χ3v) is 5.43. The molecule has 1 aromatic heterocycles. The number of likely N-dealkylation sites (tertiary alicyclic amines) is 1. The first kappa shape index (κ1) is 22.1. The van der Waals surface area contributed by atoms with Gasteiger partial charge in [-0.3, -0.25) is 25.2 Å². The van der Waals surface area contributed by atoms with Crippen molar-refractivity contribution in [1.82, 2.24) is 15.8 Å². The highest BCUT2D eigenvalue weighted by Gasteiger charge is 2.34. The molecule has 170 valence electrons. The van der Waals surface area contributed by atoms with Crippen molar-refractivity contribution in [3.8, 4) is 5.75 Å². The lowest BCUT2D eigenvalue weighted by Gasteiger charge is -2.16. The van der Waals surface area contributed by atoms with E-state index in [0.717, 1.165) is 5.56 Å². The number of nitrogens with one attached hydrogen (secondary N) is 2. The number of carbonyl (C=O) groups excluding carboxylic acids is 3. The van der Waals surface area contributed by atoms with Gasteiger partial charge in [0.1, 0.15) is 11.5 Å². The lowest BCUT2D eigenvalue weighted by molar-refractivity contribution is -0.129. The average Bonchev–Trinajstić information content (AvgIpc) is 3.48. The third-order valence-electron chi connectivity index (χ3n) is 5.43. The molecule has 3 amide bonds. The van der Waals surface area contributed by atoms with E-state index in [9.17, 15) is 14.4 Å². The van der Waals surface area contributed by atoms with Crippen LogP contribution in [0.2, 0.25) is 0 Å². The largest absolute Gasteiger partial charge is 0.492 e. The second kappa shape index (κ2) is 10.5. The summed E-state index contributed by atoms with van der Waals surface area (Å²) in [6.07, 6.45) is 2.33. The number of nitrogens with zero attached hydrogens (tertiary/aromatic N) is 1. The maximum absolute atomic E-state index is 12.7. The van der Waals surface area contributed by atoms with Crippen LogP contribution in [0.1, 0.15) is 28.1 Å². The van der Waals surface area contributed by atoms with E-state index in [4.69, 9.17) is 9.15 Å². The Hall–Kier alpha value is -4.07. The monoisotopic (exact) mass is 447 g/mol. The number of rotatable bonds is 8. The van der Waals surface area contributed by atoms with Crippen LogP contribution in [-0.2, 0) is 22.6 Å². The molecule has 0 saturated carbocycles. The van der Waals surface area contributed by atoms with Crippen molar-refractivity contribution in [1.29, 1.82) is 0 Å². The van der Waals surface area contributed by atoms with Gasteiger partial charge in [-0.1, -0.05) is 42.5 Å². The van der Waals surface area contributed by atoms with E-state index in [1.807, 2.05) is 30.3 Å². The van der Waals surface area contributed by atoms with E-state index < -0.39 is 17.7 Å². The minimum absolute atomic E-state index is 0.0849. The summed E-state index contributed by atoms with van der Waals surface area (Å²) in [5, 5.41) is 0. The summed E-state index contributed by atoms with van der Waals surface area (Å²) >= 11 is 0. The average molecular weight is 447 g/mol. The maximum atomic E-state index is 12.7. The molecule has 2 aromatic carbocycles. The van der Waals surface area contributed by atoms with Gasteiger partial charge in [0.25, 0.3) is 5.91 Å². The quantitative estimate of drug-likeness (QED) is 0.517. The molecule has 8 heteroatoms. The highest BCUT2D eigenvalue weighted by molar-refractivity contribution is 5.98. The Kier molecular flexibility index (Phi) is 7.04. The molecule has 1 saturated heterocycles. The summed E-state index contributed by atoms with van der Waals surface area (Å²) < 4.78 is 11.1. The van der Waals surface area contributed by atoms with Gasteiger partial charge in [-0.05, 0) is 29.8 Å². The molecule has 1 atom stereocenters. The van der Waals surface area contributed by atoms with Crippen LogP contribution in [0.4, 0.5) is 0 Å². The van der Waals surface area contributed by atoms with Crippen LogP contribution in [0.5, 0.6) is 5.75 Å². The van der Waals surface area contributed by atoms with Gasteiger partial charge >= 0.3 is 0 Å². The van der Waals surface area contributed by atoms with Crippen molar-refractivity contribution < 1.29 is 23.5 Å². The molecular weight excluding hydrogens is 422 g/mol. The Morgan fingerprint density at radius 3 is 2.58 bits per heavy atom. The van der Waals surface area contributed by atoms with Crippen molar-refractivity contribution in [2.75, 3.05) is 13.2 Å². The first-order chi connectivity index (χ1) is 16.1. The van der Waals surface area contributed by atoms with Gasteiger partial charge in [-0.2, -0.15) is 0 Å². The summed E-state index contributed by atoms with van der Waals surface area (Å²) in [7, 11) is 0. The van der Waals surface area contributed by atoms with E-state index >= 15 is 0 Å². The number of para-hydroxylation sites is 1. The van der Waals surface area contributed by atoms with Gasteiger partial charge in [-0.15, -0.1) is 0 Å². The van der Waals surface area contributed by atoms with Crippen LogP contribution in [0.3, 0.4) is 0 Å². The van der Waals surface area contributed by atoms with Gasteiger partial charge in [0.15, 0.2) is 0 Å². The zero-order valence-electron chi connectivity index (χ0n) is 18.0. The van der Waals surface area contributed by atoms with Crippen molar-refractivity contribution in [2.24, 2.45) is 5.92 Å². The minimum atomic E-state index is -0.551. The van der Waals surface area contributed by atoms with Gasteiger partial charge in [0, 0.05) is 19.4 Å². The molecule has 0 bridgehead atoms. The second-order valence-electron chi connectivity index (χ2n) is 7.78. The van der Waals surface area contributed by atoms with Gasteiger partial charge < -0.3 is 14.1 Å². The Labute approximate surface area is 191 Å². The SMILES string of the molecule is O=C(NNC(=O)C1CC(=O)N(Cc2ccco2)C1)c1ccccc1OCCc1ccccc1. The number of hydrazine groups is 1. The maximum Gasteiger partial charge on any atom is 0.273 e. The Balaban J connectivity index is 1.28. The fourth-order valence-electron chi connectivity index (χ4n) is 3.68. The van der Waals surface area contributed by atoms with Gasteiger partial charge in [0.2, 0.25) is 11.8 Å². The van der Waals surface area contributed by atoms with Crippen LogP contribution in [-0.4, -0.2) is 35.8 Å². The molecule has 33 heavy (non-hydrogen) atoms. The first-order valence-electron chi connectivity index (χ1n) is 10.8. The lowest BCUT2D eigenvalue weighted by Crippen LogP contribution is -2.45. The molecule has 1 aliphatic heterocycles. The van der Waals surface area contributed by atoms with Crippen LogP contribution in [0, 0.1) is 5.92 Å². The summed E-state index contributed by atoms with van der Waals surface area (Å²) in [6.45, 7) is 0.993. The van der Waals surface area contributed by atoms with Crippen LogP contribution < -0.4 is 15.6 Å². The molecule has 0 radical (unpaired) electrons. The number of furan rings is 1. The van der Waals surface area contributed by atoms with Crippen LogP contribution in [0.15, 0.2) is 77.4 Å². The smallest absolute Gasteiger partial charge is 0.273 e. The van der Waals surface area contributed by atoms with E-state index in [1.165, 1.54) is 0 Å². The summed E-state index contributed by atoms with van der Waals surface area (Å²) in [5.74, 6) is -0.501. The van der Waals surface area contributed by atoms with Crippen LogP contribution >= 0.6 is 0 Å². The molecule has 4 rings (SSSR count). The van der Waals surface area contributed by atoms with Gasteiger partial charge in [-0.25, -0.2) is 0 Å². The third kappa shape index (κ3) is 5.79. The molecule has 0 spiro atoms. The van der Waals surface area contributed by atoms with E-state index in [0.29, 0.717) is 36.6 Å².